The summed E-state index contributed by atoms with van der Waals surface area (Å²) in [5.41, 5.74) is 1.17. The fourth-order valence-corrected chi connectivity index (χ4v) is 4.12. The average Bonchev–Trinajstić information content (AvgIpc) is 3.20. The lowest BCUT2D eigenvalue weighted by Gasteiger charge is -2.23. The number of carbonyl (C=O) groups excluding carboxylic acids is 1. The minimum absolute atomic E-state index is 0. The van der Waals surface area contributed by atoms with Crippen LogP contribution >= 0.6 is 24.0 Å². The fraction of sp³-hybridized carbons (Fsp3) is 0.652. The fourth-order valence-electron chi connectivity index (χ4n) is 4.12. The number of carbonyl (C=O) groups is 1. The summed E-state index contributed by atoms with van der Waals surface area (Å²) in [5, 5.41) is 6.84. The summed E-state index contributed by atoms with van der Waals surface area (Å²) in [5.74, 6) is 2.01. The Morgan fingerprint density at radius 2 is 2.00 bits per heavy atom. The predicted molar refractivity (Wildman–Crippen MR) is 133 cm³/mol. The smallest absolute Gasteiger partial charge is 0.225 e. The molecule has 0 aromatic heterocycles. The standard InChI is InChI=1S/C23H36N4O2.HI/c1-17(2)22(28)27-13-12-19(16-27)26-23(24-3)25-15-18-8-7-11-21(14-18)29-20-9-5-4-6-10-20;/h7-8,11,14,17,19-20H,4-6,9-10,12-13,15-16H2,1-3H3,(H2,24,25,26);1H. The van der Waals surface area contributed by atoms with Crippen molar-refractivity contribution in [2.75, 3.05) is 20.1 Å². The summed E-state index contributed by atoms with van der Waals surface area (Å²) < 4.78 is 6.18. The van der Waals surface area contributed by atoms with Crippen LogP contribution in [0.2, 0.25) is 0 Å². The number of guanidine groups is 1. The van der Waals surface area contributed by atoms with Gasteiger partial charge in [0, 0.05) is 38.6 Å². The SMILES string of the molecule is CN=C(NCc1cccc(OC2CCCCC2)c1)NC1CCN(C(=O)C(C)C)C1.I. The van der Waals surface area contributed by atoms with Crippen LogP contribution in [0, 0.1) is 5.92 Å². The molecule has 1 saturated carbocycles. The first-order valence-electron chi connectivity index (χ1n) is 11.1. The Morgan fingerprint density at radius 3 is 2.70 bits per heavy atom. The van der Waals surface area contributed by atoms with Crippen molar-refractivity contribution in [1.29, 1.82) is 0 Å². The van der Waals surface area contributed by atoms with E-state index >= 15 is 0 Å². The number of aliphatic imine (C=N–C) groups is 1. The molecule has 1 atom stereocenters. The second kappa shape index (κ2) is 12.4. The highest BCUT2D eigenvalue weighted by Gasteiger charge is 2.27. The Labute approximate surface area is 198 Å². The number of hydrogen-bond donors (Lipinski definition) is 2. The summed E-state index contributed by atoms with van der Waals surface area (Å²) in [6, 6.07) is 8.56. The highest BCUT2D eigenvalue weighted by Crippen LogP contribution is 2.24. The first-order chi connectivity index (χ1) is 14.0. The molecule has 1 aromatic carbocycles. The lowest BCUT2D eigenvalue weighted by molar-refractivity contribution is -0.133. The molecule has 1 amide bonds. The van der Waals surface area contributed by atoms with Crippen molar-refractivity contribution in [3.05, 3.63) is 29.8 Å². The third-order valence-corrected chi connectivity index (χ3v) is 5.77. The van der Waals surface area contributed by atoms with Crippen molar-refractivity contribution in [3.63, 3.8) is 0 Å². The van der Waals surface area contributed by atoms with E-state index in [0.29, 0.717) is 12.6 Å². The van der Waals surface area contributed by atoms with Gasteiger partial charge in [-0.25, -0.2) is 0 Å². The largest absolute Gasteiger partial charge is 0.490 e. The van der Waals surface area contributed by atoms with E-state index < -0.39 is 0 Å². The monoisotopic (exact) mass is 528 g/mol. The lowest BCUT2D eigenvalue weighted by Crippen LogP contribution is -2.45. The Morgan fingerprint density at radius 1 is 1.23 bits per heavy atom. The number of nitrogens with zero attached hydrogens (tertiary/aromatic N) is 2. The molecule has 2 aliphatic rings. The minimum Gasteiger partial charge on any atom is -0.490 e. The molecule has 1 aliphatic carbocycles. The molecular formula is C23H37IN4O2. The van der Waals surface area contributed by atoms with Crippen molar-refractivity contribution in [1.82, 2.24) is 15.5 Å². The van der Waals surface area contributed by atoms with Gasteiger partial charge in [-0.2, -0.15) is 0 Å². The maximum Gasteiger partial charge on any atom is 0.225 e. The molecule has 2 fully saturated rings. The van der Waals surface area contributed by atoms with E-state index in [-0.39, 0.29) is 41.8 Å². The quantitative estimate of drug-likeness (QED) is 0.334. The molecule has 3 rings (SSSR count). The zero-order valence-electron chi connectivity index (χ0n) is 18.5. The molecule has 0 radical (unpaired) electrons. The Balaban J connectivity index is 0.00000320. The number of benzene rings is 1. The molecule has 0 bridgehead atoms. The van der Waals surface area contributed by atoms with Crippen LogP contribution in [-0.2, 0) is 11.3 Å². The second-order valence-electron chi connectivity index (χ2n) is 8.52. The lowest BCUT2D eigenvalue weighted by atomic mass is 9.98. The van der Waals surface area contributed by atoms with Crippen LogP contribution in [0.3, 0.4) is 0 Å². The molecule has 0 spiro atoms. The number of hydrogen-bond acceptors (Lipinski definition) is 3. The van der Waals surface area contributed by atoms with Crippen LogP contribution < -0.4 is 15.4 Å². The van der Waals surface area contributed by atoms with Gasteiger partial charge < -0.3 is 20.3 Å². The van der Waals surface area contributed by atoms with Crippen molar-refractivity contribution >= 4 is 35.8 Å². The topological polar surface area (TPSA) is 66.0 Å². The van der Waals surface area contributed by atoms with Crippen LogP contribution in [0.4, 0.5) is 0 Å². The summed E-state index contributed by atoms with van der Waals surface area (Å²) in [4.78, 5) is 18.5. The normalized spacial score (nSPS) is 20.1. The van der Waals surface area contributed by atoms with E-state index in [1.165, 1.54) is 24.8 Å². The third-order valence-electron chi connectivity index (χ3n) is 5.77. The van der Waals surface area contributed by atoms with Crippen LogP contribution in [-0.4, -0.2) is 49.0 Å². The van der Waals surface area contributed by atoms with E-state index in [9.17, 15) is 4.79 Å². The Kier molecular flexibility index (Phi) is 10.2. The molecule has 2 N–H and O–H groups in total. The molecule has 30 heavy (non-hydrogen) atoms. The van der Waals surface area contributed by atoms with Gasteiger partial charge in [0.1, 0.15) is 5.75 Å². The number of likely N-dealkylation sites (tertiary alicyclic amines) is 1. The Hall–Kier alpha value is -1.51. The average molecular weight is 528 g/mol. The molecule has 1 aromatic rings. The van der Waals surface area contributed by atoms with Gasteiger partial charge in [-0.05, 0) is 49.8 Å². The highest BCUT2D eigenvalue weighted by atomic mass is 127. The summed E-state index contributed by atoms with van der Waals surface area (Å²) in [6.45, 7) is 6.14. The molecule has 168 valence electrons. The maximum absolute atomic E-state index is 12.2. The van der Waals surface area contributed by atoms with Crippen molar-refractivity contribution in [2.45, 2.75) is 71.1 Å². The maximum atomic E-state index is 12.2. The van der Waals surface area contributed by atoms with E-state index in [0.717, 1.165) is 44.1 Å². The van der Waals surface area contributed by atoms with Gasteiger partial charge in [-0.1, -0.05) is 32.4 Å². The zero-order chi connectivity index (χ0) is 20.6. The highest BCUT2D eigenvalue weighted by molar-refractivity contribution is 14.0. The van der Waals surface area contributed by atoms with Crippen molar-refractivity contribution in [3.8, 4) is 5.75 Å². The number of halogens is 1. The first kappa shape index (κ1) is 24.8. The number of amides is 1. The van der Waals surface area contributed by atoms with Gasteiger partial charge in [0.05, 0.1) is 6.10 Å². The zero-order valence-corrected chi connectivity index (χ0v) is 20.9. The van der Waals surface area contributed by atoms with Crippen LogP contribution in [0.15, 0.2) is 29.3 Å². The van der Waals surface area contributed by atoms with Crippen LogP contribution in [0.5, 0.6) is 5.75 Å². The predicted octanol–water partition coefficient (Wildman–Crippen LogP) is 3.94. The van der Waals surface area contributed by atoms with Crippen molar-refractivity contribution in [2.24, 2.45) is 10.9 Å². The summed E-state index contributed by atoms with van der Waals surface area (Å²) in [7, 11) is 1.78. The molecular weight excluding hydrogens is 491 g/mol. The van der Waals surface area contributed by atoms with E-state index in [1.54, 1.807) is 7.05 Å². The summed E-state index contributed by atoms with van der Waals surface area (Å²) >= 11 is 0. The van der Waals surface area contributed by atoms with Gasteiger partial charge in [-0.3, -0.25) is 9.79 Å². The van der Waals surface area contributed by atoms with Crippen molar-refractivity contribution < 1.29 is 9.53 Å². The van der Waals surface area contributed by atoms with Gasteiger partial charge in [-0.15, -0.1) is 24.0 Å². The van der Waals surface area contributed by atoms with E-state index in [4.69, 9.17) is 4.74 Å². The Bertz CT molecular complexity index is 704. The van der Waals surface area contributed by atoms with Gasteiger partial charge >= 0.3 is 0 Å². The minimum atomic E-state index is 0. The van der Waals surface area contributed by atoms with Crippen LogP contribution in [0.25, 0.3) is 0 Å². The number of nitrogens with one attached hydrogen (secondary N) is 2. The molecule has 1 aliphatic heterocycles. The third kappa shape index (κ3) is 7.32. The van der Waals surface area contributed by atoms with Gasteiger partial charge in [0.2, 0.25) is 5.91 Å². The summed E-state index contributed by atoms with van der Waals surface area (Å²) in [6.07, 6.45) is 7.52. The molecule has 1 heterocycles. The van der Waals surface area contributed by atoms with Gasteiger partial charge in [0.15, 0.2) is 5.96 Å². The van der Waals surface area contributed by atoms with Gasteiger partial charge in [0.25, 0.3) is 0 Å². The number of rotatable bonds is 6. The first-order valence-corrected chi connectivity index (χ1v) is 11.1. The molecule has 1 unspecified atom stereocenters. The van der Waals surface area contributed by atoms with E-state index in [2.05, 4.69) is 33.8 Å². The molecule has 1 saturated heterocycles. The number of ether oxygens (including phenoxy) is 1. The second-order valence-corrected chi connectivity index (χ2v) is 8.52. The molecule has 7 heteroatoms. The van der Waals surface area contributed by atoms with E-state index in [1.807, 2.05) is 24.8 Å². The molecule has 6 nitrogen and oxygen atoms in total. The van der Waals surface area contributed by atoms with Crippen LogP contribution in [0.1, 0.15) is 57.9 Å².